The second-order valence-electron chi connectivity index (χ2n) is 5.99. The molecule has 0 spiro atoms. The highest BCUT2D eigenvalue weighted by atomic mass is 32.1. The molecule has 7 heteroatoms. The van der Waals surface area contributed by atoms with Gasteiger partial charge in [-0.15, -0.1) is 0 Å². The Labute approximate surface area is 131 Å². The number of benzene rings is 1. The molecule has 0 saturated carbocycles. The third-order valence-corrected chi connectivity index (χ3v) is 4.87. The third-order valence-electron chi connectivity index (χ3n) is 4.35. The van der Waals surface area contributed by atoms with Gasteiger partial charge in [0.1, 0.15) is 23.2 Å². The minimum atomic E-state index is -2.23. The molecule has 2 aliphatic heterocycles. The van der Waals surface area contributed by atoms with Crippen LogP contribution in [0.5, 0.6) is 0 Å². The first-order chi connectivity index (χ1) is 10.1. The number of nitrogens with two attached hydrogens (primary N) is 1. The molecular formula is C15H15F3N2OS. The van der Waals surface area contributed by atoms with Crippen LogP contribution in [0.25, 0.3) is 0 Å². The Hall–Kier alpha value is -1.76. The summed E-state index contributed by atoms with van der Waals surface area (Å²) < 4.78 is 49.7. The van der Waals surface area contributed by atoms with Gasteiger partial charge in [0.2, 0.25) is 0 Å². The van der Waals surface area contributed by atoms with Crippen LogP contribution < -0.4 is 11.1 Å². The molecule has 2 saturated heterocycles. The van der Waals surface area contributed by atoms with Gasteiger partial charge in [0.25, 0.3) is 0 Å². The Balaban J connectivity index is 2.26. The molecule has 3 nitrogen and oxygen atoms in total. The number of fused-ring (bicyclic) bond motifs is 1. The molecule has 3 N–H and O–H groups in total. The van der Waals surface area contributed by atoms with E-state index in [1.807, 2.05) is 0 Å². The molecule has 0 aromatic heterocycles. The maximum atomic E-state index is 15.6. The fraction of sp³-hybridized carbons (Fsp3) is 0.400. The Morgan fingerprint density at radius 3 is 2.77 bits per heavy atom. The van der Waals surface area contributed by atoms with E-state index in [2.05, 4.69) is 11.9 Å². The zero-order valence-corrected chi connectivity index (χ0v) is 12.7. The first-order valence-corrected chi connectivity index (χ1v) is 7.11. The van der Waals surface area contributed by atoms with Crippen LogP contribution in [0.4, 0.5) is 18.9 Å². The van der Waals surface area contributed by atoms with Crippen LogP contribution in [0.1, 0.15) is 18.9 Å². The smallest absolute Gasteiger partial charge is 0.182 e. The highest BCUT2D eigenvalue weighted by molar-refractivity contribution is 7.80. The minimum Gasteiger partial charge on any atom is -0.492 e. The van der Waals surface area contributed by atoms with E-state index in [1.165, 1.54) is 19.1 Å². The molecule has 3 rings (SSSR count). The molecule has 2 aliphatic rings. The number of alkyl halides is 2. The molecule has 2 heterocycles. The average Bonchev–Trinajstić information content (AvgIpc) is 2.66. The fourth-order valence-electron chi connectivity index (χ4n) is 3.23. The van der Waals surface area contributed by atoms with E-state index in [9.17, 15) is 8.78 Å². The number of nitrogen functional groups attached to an aromatic ring is 1. The van der Waals surface area contributed by atoms with Gasteiger partial charge in [0.05, 0.1) is 0 Å². The average molecular weight is 328 g/mol. The predicted octanol–water partition coefficient (Wildman–Crippen LogP) is 2.90. The first-order valence-electron chi connectivity index (χ1n) is 6.70. The number of hydrogen-bond acceptors (Lipinski definition) is 3. The summed E-state index contributed by atoms with van der Waals surface area (Å²) in [5.41, 5.74) is -0.219. The molecule has 1 unspecified atom stereocenters. The van der Waals surface area contributed by atoms with Gasteiger partial charge in [-0.2, -0.15) is 0 Å². The van der Waals surface area contributed by atoms with E-state index in [1.54, 1.807) is 0 Å². The lowest BCUT2D eigenvalue weighted by Gasteiger charge is -2.47. The van der Waals surface area contributed by atoms with Gasteiger partial charge in [-0.05, 0) is 25.1 Å². The molecule has 1 aromatic carbocycles. The van der Waals surface area contributed by atoms with E-state index in [0.717, 1.165) is 6.07 Å². The number of piperidine rings is 1. The second-order valence-corrected chi connectivity index (χ2v) is 6.40. The molecule has 1 aromatic rings. The Kier molecular flexibility index (Phi) is 3.01. The minimum absolute atomic E-state index is 0.0441. The van der Waals surface area contributed by atoms with E-state index in [0.29, 0.717) is 0 Å². The Morgan fingerprint density at radius 1 is 1.41 bits per heavy atom. The first kappa shape index (κ1) is 15.1. The van der Waals surface area contributed by atoms with Gasteiger partial charge in [-0.25, -0.2) is 13.2 Å². The molecule has 0 radical (unpaired) electrons. The van der Waals surface area contributed by atoms with Crippen molar-refractivity contribution >= 4 is 22.9 Å². The topological polar surface area (TPSA) is 47.3 Å². The number of rotatable bonds is 1. The van der Waals surface area contributed by atoms with E-state index >= 15 is 4.39 Å². The lowest BCUT2D eigenvalue weighted by Crippen LogP contribution is -2.68. The van der Waals surface area contributed by atoms with Gasteiger partial charge in [0, 0.05) is 17.7 Å². The standard InChI is InChI=1S/C15H15F3N2OS/c1-8-15(10-5-9(19)3-4-11(10)16)14(18,7-21-8)6-13(2,17)12(22)20-15/h3-5H,1,6-7,19H2,2H3,(H,20,22)/t13?,14-,15+/m0/s1. The highest BCUT2D eigenvalue weighted by Gasteiger charge is 2.69. The summed E-state index contributed by atoms with van der Waals surface area (Å²) in [7, 11) is 0. The summed E-state index contributed by atoms with van der Waals surface area (Å²) in [4.78, 5) is -0.214. The van der Waals surface area contributed by atoms with Gasteiger partial charge in [0.15, 0.2) is 16.9 Å². The third kappa shape index (κ3) is 1.78. The molecule has 3 atom stereocenters. The number of halogens is 3. The monoisotopic (exact) mass is 328 g/mol. The van der Waals surface area contributed by atoms with Crippen molar-refractivity contribution < 1.29 is 17.9 Å². The molecule has 22 heavy (non-hydrogen) atoms. The van der Waals surface area contributed by atoms with Crippen LogP contribution in [0.15, 0.2) is 30.5 Å². The van der Waals surface area contributed by atoms with Gasteiger partial charge < -0.3 is 15.8 Å². The van der Waals surface area contributed by atoms with Crippen molar-refractivity contribution in [1.29, 1.82) is 0 Å². The van der Waals surface area contributed by atoms with Crippen LogP contribution in [-0.2, 0) is 10.3 Å². The van der Waals surface area contributed by atoms with Gasteiger partial charge >= 0.3 is 0 Å². The fourth-order valence-corrected chi connectivity index (χ4v) is 3.45. The molecular weight excluding hydrogens is 313 g/mol. The zero-order valence-electron chi connectivity index (χ0n) is 11.9. The summed E-state index contributed by atoms with van der Waals surface area (Å²) in [5.74, 6) is -0.738. The molecule has 2 fully saturated rings. The predicted molar refractivity (Wildman–Crippen MR) is 81.3 cm³/mol. The van der Waals surface area contributed by atoms with Crippen molar-refractivity contribution in [3.05, 3.63) is 41.9 Å². The van der Waals surface area contributed by atoms with Crippen LogP contribution in [-0.4, -0.2) is 22.9 Å². The van der Waals surface area contributed by atoms with Crippen molar-refractivity contribution in [2.24, 2.45) is 0 Å². The number of hydrogen-bond donors (Lipinski definition) is 2. The van der Waals surface area contributed by atoms with Crippen LogP contribution in [0.2, 0.25) is 0 Å². The summed E-state index contributed by atoms with van der Waals surface area (Å²) in [6.45, 7) is 4.42. The van der Waals surface area contributed by atoms with Crippen molar-refractivity contribution in [3.8, 4) is 0 Å². The van der Waals surface area contributed by atoms with Gasteiger partial charge in [-0.3, -0.25) is 0 Å². The summed E-state index contributed by atoms with van der Waals surface area (Å²) in [6.07, 6.45) is -0.556. The van der Waals surface area contributed by atoms with Crippen molar-refractivity contribution in [3.63, 3.8) is 0 Å². The van der Waals surface area contributed by atoms with E-state index in [-0.39, 0.29) is 22.0 Å². The van der Waals surface area contributed by atoms with Crippen LogP contribution >= 0.6 is 12.2 Å². The van der Waals surface area contributed by atoms with Crippen molar-refractivity contribution in [2.45, 2.75) is 30.2 Å². The summed E-state index contributed by atoms with van der Waals surface area (Å²) in [5, 5.41) is 2.62. The van der Waals surface area contributed by atoms with E-state index in [4.69, 9.17) is 22.7 Å². The molecule has 0 amide bonds. The second kappa shape index (κ2) is 4.38. The molecule has 0 bridgehead atoms. The maximum Gasteiger partial charge on any atom is 0.182 e. The highest BCUT2D eigenvalue weighted by Crippen LogP contribution is 2.55. The van der Waals surface area contributed by atoms with Crippen LogP contribution in [0.3, 0.4) is 0 Å². The van der Waals surface area contributed by atoms with Gasteiger partial charge in [-0.1, -0.05) is 18.8 Å². The number of thiocarbonyl (C=S) groups is 1. The quantitative estimate of drug-likeness (QED) is 0.615. The lowest BCUT2D eigenvalue weighted by atomic mass is 9.68. The van der Waals surface area contributed by atoms with Crippen molar-refractivity contribution in [2.75, 3.05) is 12.3 Å². The summed E-state index contributed by atoms with van der Waals surface area (Å²) in [6, 6.07) is 3.77. The normalized spacial score (nSPS) is 37.5. The number of nitrogens with one attached hydrogen (secondary N) is 1. The largest absolute Gasteiger partial charge is 0.492 e. The van der Waals surface area contributed by atoms with E-state index < -0.39 is 35.7 Å². The number of ether oxygens (including phenoxy) is 1. The molecule has 0 aliphatic carbocycles. The Morgan fingerprint density at radius 2 is 2.09 bits per heavy atom. The zero-order chi connectivity index (χ0) is 16.3. The Bertz CT molecular complexity index is 693. The molecule has 118 valence electrons. The summed E-state index contributed by atoms with van der Waals surface area (Å²) >= 11 is 5.01. The number of anilines is 1. The lowest BCUT2D eigenvalue weighted by molar-refractivity contribution is 0.0101. The van der Waals surface area contributed by atoms with Crippen molar-refractivity contribution in [1.82, 2.24) is 5.32 Å². The SMILES string of the molecule is C=C1OC[C@@]2(F)CC(C)(F)C(=S)N[C@@]12c1cc(N)ccc1F. The maximum absolute atomic E-state index is 15.6. The van der Waals surface area contributed by atoms with Crippen LogP contribution in [0, 0.1) is 5.82 Å².